The summed E-state index contributed by atoms with van der Waals surface area (Å²) in [5.74, 6) is 0.789. The van der Waals surface area contributed by atoms with E-state index < -0.39 is 0 Å². The highest BCUT2D eigenvalue weighted by Gasteiger charge is 2.16. The summed E-state index contributed by atoms with van der Waals surface area (Å²) in [5, 5.41) is 4.21. The van der Waals surface area contributed by atoms with Gasteiger partial charge in [0.1, 0.15) is 17.7 Å². The van der Waals surface area contributed by atoms with E-state index in [0.717, 1.165) is 0 Å². The van der Waals surface area contributed by atoms with Gasteiger partial charge in [-0.2, -0.15) is 5.10 Å². The molecule has 0 unspecified atom stereocenters. The molecule has 0 N–H and O–H groups in total. The van der Waals surface area contributed by atoms with Gasteiger partial charge in [0.15, 0.2) is 5.75 Å². The average Bonchev–Trinajstić information content (AvgIpc) is 3.03. The van der Waals surface area contributed by atoms with Gasteiger partial charge >= 0.3 is 0 Å². The van der Waals surface area contributed by atoms with Crippen LogP contribution in [-0.2, 0) is 0 Å². The van der Waals surface area contributed by atoms with Gasteiger partial charge in [-0.3, -0.25) is 0 Å². The summed E-state index contributed by atoms with van der Waals surface area (Å²) in [6, 6.07) is 0. The maximum Gasteiger partial charge on any atom is 0.260 e. The van der Waals surface area contributed by atoms with Crippen molar-refractivity contribution in [3.05, 3.63) is 36.7 Å². The molecule has 0 aliphatic heterocycles. The zero-order valence-corrected chi connectivity index (χ0v) is 13.1. The summed E-state index contributed by atoms with van der Waals surface area (Å²) in [4.78, 5) is 16.7. The molecule has 0 saturated carbocycles. The normalized spacial score (nSPS) is 10.7. The van der Waals surface area contributed by atoms with Gasteiger partial charge in [-0.15, -0.1) is 6.58 Å². The molecular formula is C14H13ClN6O2. The number of fused-ring (bicyclic) bond motifs is 1. The van der Waals surface area contributed by atoms with Crippen molar-refractivity contribution in [2.75, 3.05) is 13.7 Å². The van der Waals surface area contributed by atoms with Gasteiger partial charge < -0.3 is 9.47 Å². The van der Waals surface area contributed by atoms with E-state index in [9.17, 15) is 0 Å². The van der Waals surface area contributed by atoms with Crippen molar-refractivity contribution < 1.29 is 9.47 Å². The average molecular weight is 333 g/mol. The molecule has 0 aliphatic carbocycles. The minimum atomic E-state index is 0.0930. The minimum absolute atomic E-state index is 0.0930. The Hall–Kier alpha value is -2.74. The van der Waals surface area contributed by atoms with E-state index in [1.54, 1.807) is 16.8 Å². The van der Waals surface area contributed by atoms with E-state index in [2.05, 4.69) is 31.6 Å². The lowest BCUT2D eigenvalue weighted by atomic mass is 10.3. The van der Waals surface area contributed by atoms with Crippen LogP contribution in [0.3, 0.4) is 0 Å². The van der Waals surface area contributed by atoms with Crippen LogP contribution in [0.1, 0.15) is 6.42 Å². The Labute approximate surface area is 136 Å². The second-order valence-electron chi connectivity index (χ2n) is 4.44. The van der Waals surface area contributed by atoms with E-state index in [1.807, 2.05) is 0 Å². The van der Waals surface area contributed by atoms with Crippen LogP contribution in [0.5, 0.6) is 11.6 Å². The number of rotatable bonds is 6. The number of ether oxygens (including phenoxy) is 2. The smallest absolute Gasteiger partial charge is 0.260 e. The molecule has 0 aromatic carbocycles. The van der Waals surface area contributed by atoms with E-state index >= 15 is 0 Å². The van der Waals surface area contributed by atoms with Crippen LogP contribution in [0.4, 0.5) is 0 Å². The molecule has 3 heterocycles. The third-order valence-corrected chi connectivity index (χ3v) is 3.16. The van der Waals surface area contributed by atoms with Crippen LogP contribution in [0.15, 0.2) is 31.4 Å². The zero-order chi connectivity index (χ0) is 16.2. The van der Waals surface area contributed by atoms with Crippen LogP contribution in [0, 0.1) is 0 Å². The molecule has 3 aromatic rings. The summed E-state index contributed by atoms with van der Waals surface area (Å²) in [6.45, 7) is 4.09. The number of hydrogen-bond donors (Lipinski definition) is 0. The quantitative estimate of drug-likeness (QED) is 0.388. The van der Waals surface area contributed by atoms with Crippen molar-refractivity contribution in [2.45, 2.75) is 6.42 Å². The van der Waals surface area contributed by atoms with Crippen molar-refractivity contribution >= 4 is 17.2 Å². The predicted molar refractivity (Wildman–Crippen MR) is 83.7 cm³/mol. The Morgan fingerprint density at radius 3 is 3.00 bits per heavy atom. The second kappa shape index (κ2) is 6.57. The summed E-state index contributed by atoms with van der Waals surface area (Å²) in [6.07, 6.45) is 7.03. The van der Waals surface area contributed by atoms with Gasteiger partial charge in [-0.05, 0) is 18.0 Å². The first-order chi connectivity index (χ1) is 11.2. The van der Waals surface area contributed by atoms with E-state index in [0.29, 0.717) is 41.7 Å². The lowest BCUT2D eigenvalue weighted by Gasteiger charge is -2.09. The van der Waals surface area contributed by atoms with Crippen LogP contribution < -0.4 is 9.47 Å². The predicted octanol–water partition coefficient (Wildman–Crippen LogP) is 2.20. The standard InChI is InChI=1S/C14H13ClN6O2/c1-3-4-5-23-13-12-17-8-18-21(12)7-9(19-13)11-10(22-2)6-16-14(15)20-11/h3,6-8H,1,4-5H2,2H3. The lowest BCUT2D eigenvalue weighted by Crippen LogP contribution is -2.04. The maximum atomic E-state index is 5.88. The van der Waals surface area contributed by atoms with Gasteiger partial charge in [0.25, 0.3) is 5.88 Å². The van der Waals surface area contributed by atoms with E-state index in [1.165, 1.54) is 19.6 Å². The number of aromatic nitrogens is 6. The fraction of sp³-hybridized carbons (Fsp3) is 0.214. The molecule has 0 radical (unpaired) electrons. The molecular weight excluding hydrogens is 320 g/mol. The van der Waals surface area contributed by atoms with Crippen molar-refractivity contribution in [3.63, 3.8) is 0 Å². The first-order valence-corrected chi connectivity index (χ1v) is 7.11. The van der Waals surface area contributed by atoms with Crippen molar-refractivity contribution in [1.29, 1.82) is 0 Å². The highest BCUT2D eigenvalue weighted by molar-refractivity contribution is 6.28. The summed E-state index contributed by atoms with van der Waals surface area (Å²) in [5.41, 5.74) is 1.44. The van der Waals surface area contributed by atoms with E-state index in [4.69, 9.17) is 21.1 Å². The molecule has 0 bridgehead atoms. The van der Waals surface area contributed by atoms with Gasteiger partial charge in [-0.1, -0.05) is 6.08 Å². The number of hydrogen-bond acceptors (Lipinski definition) is 7. The van der Waals surface area contributed by atoms with Crippen LogP contribution in [0.2, 0.25) is 5.28 Å². The Morgan fingerprint density at radius 2 is 2.22 bits per heavy atom. The van der Waals surface area contributed by atoms with Gasteiger partial charge in [0.05, 0.1) is 26.1 Å². The molecule has 0 spiro atoms. The molecule has 0 amide bonds. The van der Waals surface area contributed by atoms with Crippen LogP contribution >= 0.6 is 11.6 Å². The van der Waals surface area contributed by atoms with Crippen LogP contribution in [-0.4, -0.2) is 43.3 Å². The molecule has 9 heteroatoms. The molecule has 0 aliphatic rings. The van der Waals surface area contributed by atoms with Gasteiger partial charge in [0.2, 0.25) is 10.9 Å². The summed E-state index contributed by atoms with van der Waals surface area (Å²) < 4.78 is 12.5. The fourth-order valence-corrected chi connectivity index (χ4v) is 2.07. The Balaban J connectivity index is 2.11. The molecule has 0 atom stereocenters. The van der Waals surface area contributed by atoms with Crippen molar-refractivity contribution in [3.8, 4) is 23.0 Å². The van der Waals surface area contributed by atoms with E-state index in [-0.39, 0.29) is 5.28 Å². The Morgan fingerprint density at radius 1 is 1.35 bits per heavy atom. The maximum absolute atomic E-state index is 5.88. The molecule has 0 saturated heterocycles. The lowest BCUT2D eigenvalue weighted by molar-refractivity contribution is 0.314. The third kappa shape index (κ3) is 3.07. The molecule has 3 aromatic heterocycles. The molecule has 0 fully saturated rings. The third-order valence-electron chi connectivity index (χ3n) is 2.98. The fourth-order valence-electron chi connectivity index (χ4n) is 1.93. The van der Waals surface area contributed by atoms with Crippen molar-refractivity contribution in [1.82, 2.24) is 29.5 Å². The summed E-state index contributed by atoms with van der Waals surface area (Å²) in [7, 11) is 1.52. The Kier molecular flexibility index (Phi) is 4.33. The SMILES string of the molecule is C=CCCOc1nc(-c2nc(Cl)ncc2OC)cn2ncnc12. The van der Waals surface area contributed by atoms with Crippen LogP contribution in [0.25, 0.3) is 17.0 Å². The van der Waals surface area contributed by atoms with Gasteiger partial charge in [0, 0.05) is 0 Å². The first kappa shape index (κ1) is 15.2. The highest BCUT2D eigenvalue weighted by atomic mass is 35.5. The minimum Gasteiger partial charge on any atom is -0.493 e. The number of halogens is 1. The highest BCUT2D eigenvalue weighted by Crippen LogP contribution is 2.29. The largest absolute Gasteiger partial charge is 0.493 e. The molecule has 118 valence electrons. The molecule has 23 heavy (non-hydrogen) atoms. The number of methoxy groups -OCH3 is 1. The monoisotopic (exact) mass is 332 g/mol. The Bertz CT molecular complexity index is 850. The topological polar surface area (TPSA) is 87.3 Å². The number of nitrogens with zero attached hydrogens (tertiary/aromatic N) is 6. The van der Waals surface area contributed by atoms with Crippen molar-refractivity contribution in [2.24, 2.45) is 0 Å². The first-order valence-electron chi connectivity index (χ1n) is 6.74. The molecule has 8 nitrogen and oxygen atoms in total. The second-order valence-corrected chi connectivity index (χ2v) is 4.78. The summed E-state index contributed by atoms with van der Waals surface area (Å²) >= 11 is 5.88. The van der Waals surface area contributed by atoms with Gasteiger partial charge in [-0.25, -0.2) is 24.5 Å². The zero-order valence-electron chi connectivity index (χ0n) is 12.3. The molecule has 3 rings (SSSR count).